The number of carboxylic acids is 2. The van der Waals surface area contributed by atoms with E-state index in [-0.39, 0.29) is 18.2 Å². The number of nitrogens with zero attached hydrogens (tertiary/aromatic N) is 1. The Balaban J connectivity index is 0.000000641. The molecule has 2 aromatic rings. The third-order valence-corrected chi connectivity index (χ3v) is 5.30. The number of rotatable bonds is 7. The summed E-state index contributed by atoms with van der Waals surface area (Å²) in [5, 5.41) is 14.8. The van der Waals surface area contributed by atoms with Gasteiger partial charge in [0.2, 0.25) is 0 Å². The normalized spacial score (nSPS) is 14.6. The second-order valence-electron chi connectivity index (χ2n) is 9.33. The quantitative estimate of drug-likeness (QED) is 0.444. The number of carboxylic acid groups (broad SMARTS) is 2. The van der Waals surface area contributed by atoms with Crippen LogP contribution in [0.25, 0.3) is 0 Å². The number of aliphatic carboxylic acids is 2. The number of carbonyl (C=O) groups is 3. The van der Waals surface area contributed by atoms with Gasteiger partial charge in [-0.15, -0.1) is 0 Å². The molecule has 8 nitrogen and oxygen atoms in total. The van der Waals surface area contributed by atoms with Crippen LogP contribution in [0.3, 0.4) is 0 Å². The van der Waals surface area contributed by atoms with E-state index in [4.69, 9.17) is 29.3 Å². The molecule has 3 rings (SSSR count). The van der Waals surface area contributed by atoms with Gasteiger partial charge in [-0.25, -0.2) is 9.59 Å². The predicted octanol–water partition coefficient (Wildman–Crippen LogP) is 4.14. The number of likely N-dealkylation sites (tertiary alicyclic amines) is 1. The Morgan fingerprint density at radius 1 is 0.886 bits per heavy atom. The molecule has 2 aromatic carbocycles. The zero-order valence-electron chi connectivity index (χ0n) is 20.6. The van der Waals surface area contributed by atoms with Crippen molar-refractivity contribution in [3.8, 4) is 0 Å². The lowest BCUT2D eigenvalue weighted by Crippen LogP contribution is -2.39. The molecule has 0 unspecified atom stereocenters. The number of carbonyl (C=O) groups excluding carboxylic acids is 1. The molecule has 1 aliphatic heterocycles. The smallest absolute Gasteiger partial charge is 0.414 e. The highest BCUT2D eigenvalue weighted by Gasteiger charge is 2.25. The van der Waals surface area contributed by atoms with E-state index in [0.29, 0.717) is 6.42 Å². The lowest BCUT2D eigenvalue weighted by molar-refractivity contribution is -0.159. The summed E-state index contributed by atoms with van der Waals surface area (Å²) in [6.45, 7) is 8.37. The molecule has 1 fully saturated rings. The van der Waals surface area contributed by atoms with Gasteiger partial charge >= 0.3 is 17.9 Å². The Kier molecular flexibility index (Phi) is 10.9. The Labute approximate surface area is 206 Å². The zero-order valence-corrected chi connectivity index (χ0v) is 20.6. The highest BCUT2D eigenvalue weighted by molar-refractivity contribution is 6.27. The summed E-state index contributed by atoms with van der Waals surface area (Å²) in [5.41, 5.74) is 1.96. The number of piperidine rings is 1. The molecular formula is C27H35NO7. The van der Waals surface area contributed by atoms with Crippen molar-refractivity contribution in [2.75, 3.05) is 19.6 Å². The first kappa shape index (κ1) is 28.0. The summed E-state index contributed by atoms with van der Waals surface area (Å²) in [5.74, 6) is -3.77. The van der Waals surface area contributed by atoms with Crippen LogP contribution < -0.4 is 0 Å². The van der Waals surface area contributed by atoms with Gasteiger partial charge < -0.3 is 24.6 Å². The molecular weight excluding hydrogens is 450 g/mol. The van der Waals surface area contributed by atoms with Gasteiger partial charge in [0.05, 0.1) is 12.5 Å². The van der Waals surface area contributed by atoms with Gasteiger partial charge in [-0.05, 0) is 44.7 Å². The standard InChI is InChI=1S/C25H33NO3.C2H2O4/c1-25(2,3)29-23(27)16-19-26-17-14-22(15-18-26)28-24(20-10-6-4-7-11-20)21-12-8-5-9-13-21;3-1(4)2(5)6/h4-13,22,24H,14-19H2,1-3H3;(H,3,4)(H,5,6). The summed E-state index contributed by atoms with van der Waals surface area (Å²) < 4.78 is 12.0. The van der Waals surface area contributed by atoms with Crippen LogP contribution in [0, 0.1) is 0 Å². The van der Waals surface area contributed by atoms with E-state index in [1.807, 2.05) is 32.9 Å². The molecule has 0 atom stereocenters. The summed E-state index contributed by atoms with van der Waals surface area (Å²) >= 11 is 0. The molecule has 0 amide bonds. The van der Waals surface area contributed by atoms with E-state index < -0.39 is 17.5 Å². The first-order valence-electron chi connectivity index (χ1n) is 11.7. The third kappa shape index (κ3) is 10.7. The molecule has 0 radical (unpaired) electrons. The predicted molar refractivity (Wildman–Crippen MR) is 131 cm³/mol. The summed E-state index contributed by atoms with van der Waals surface area (Å²) in [7, 11) is 0. The van der Waals surface area contributed by atoms with Gasteiger partial charge in [-0.1, -0.05) is 60.7 Å². The number of esters is 1. The summed E-state index contributed by atoms with van der Waals surface area (Å²) in [6.07, 6.45) is 2.57. The molecule has 2 N–H and O–H groups in total. The second-order valence-corrected chi connectivity index (χ2v) is 9.33. The van der Waals surface area contributed by atoms with Gasteiger partial charge in [0.1, 0.15) is 11.7 Å². The maximum absolute atomic E-state index is 12.0. The van der Waals surface area contributed by atoms with Crippen LogP contribution in [-0.4, -0.2) is 64.4 Å². The van der Waals surface area contributed by atoms with Crippen LogP contribution in [-0.2, 0) is 23.9 Å². The fraction of sp³-hybridized carbons (Fsp3) is 0.444. The Morgan fingerprint density at radius 3 is 1.74 bits per heavy atom. The lowest BCUT2D eigenvalue weighted by Gasteiger charge is -2.34. The Morgan fingerprint density at radius 2 is 1.34 bits per heavy atom. The van der Waals surface area contributed by atoms with Crippen molar-refractivity contribution >= 4 is 17.9 Å². The highest BCUT2D eigenvalue weighted by atomic mass is 16.6. The van der Waals surface area contributed by atoms with Gasteiger partial charge in [0, 0.05) is 19.6 Å². The first-order chi connectivity index (χ1) is 16.5. The van der Waals surface area contributed by atoms with Crippen molar-refractivity contribution in [3.63, 3.8) is 0 Å². The molecule has 35 heavy (non-hydrogen) atoms. The average molecular weight is 486 g/mol. The van der Waals surface area contributed by atoms with Crippen molar-refractivity contribution in [3.05, 3.63) is 71.8 Å². The molecule has 1 aliphatic rings. The fourth-order valence-electron chi connectivity index (χ4n) is 3.71. The molecule has 1 saturated heterocycles. The van der Waals surface area contributed by atoms with Crippen LogP contribution in [0.15, 0.2) is 60.7 Å². The zero-order chi connectivity index (χ0) is 25.8. The van der Waals surface area contributed by atoms with Crippen molar-refractivity contribution < 1.29 is 34.1 Å². The van der Waals surface area contributed by atoms with Crippen LogP contribution >= 0.6 is 0 Å². The van der Waals surface area contributed by atoms with Crippen molar-refractivity contribution in [2.45, 2.75) is 57.8 Å². The first-order valence-corrected chi connectivity index (χ1v) is 11.7. The average Bonchev–Trinajstić information content (AvgIpc) is 2.82. The van der Waals surface area contributed by atoms with Crippen molar-refractivity contribution in [1.82, 2.24) is 4.90 Å². The molecule has 0 saturated carbocycles. The minimum Gasteiger partial charge on any atom is -0.473 e. The van der Waals surface area contributed by atoms with Crippen molar-refractivity contribution in [1.29, 1.82) is 0 Å². The van der Waals surface area contributed by atoms with Crippen LogP contribution in [0.5, 0.6) is 0 Å². The third-order valence-electron chi connectivity index (χ3n) is 5.30. The molecule has 8 heteroatoms. The number of ether oxygens (including phenoxy) is 2. The Bertz CT molecular complexity index is 882. The van der Waals surface area contributed by atoms with E-state index >= 15 is 0 Å². The second kappa shape index (κ2) is 13.6. The molecule has 1 heterocycles. The number of hydrogen-bond donors (Lipinski definition) is 2. The van der Waals surface area contributed by atoms with Crippen LogP contribution in [0.4, 0.5) is 0 Å². The molecule has 0 spiro atoms. The molecule has 0 bridgehead atoms. The monoisotopic (exact) mass is 485 g/mol. The van der Waals surface area contributed by atoms with Crippen molar-refractivity contribution in [2.24, 2.45) is 0 Å². The molecule has 190 valence electrons. The maximum Gasteiger partial charge on any atom is 0.414 e. The van der Waals surface area contributed by atoms with E-state index in [1.165, 1.54) is 11.1 Å². The van der Waals surface area contributed by atoms with Crippen LogP contribution in [0.1, 0.15) is 57.3 Å². The summed E-state index contributed by atoms with van der Waals surface area (Å²) in [4.78, 5) is 32.5. The minimum absolute atomic E-state index is 0.0456. The Hall–Kier alpha value is -3.23. The fourth-order valence-corrected chi connectivity index (χ4v) is 3.71. The summed E-state index contributed by atoms with van der Waals surface area (Å²) in [6, 6.07) is 20.9. The highest BCUT2D eigenvalue weighted by Crippen LogP contribution is 2.30. The van der Waals surface area contributed by atoms with E-state index in [0.717, 1.165) is 32.5 Å². The van der Waals surface area contributed by atoms with Gasteiger partial charge in [-0.2, -0.15) is 0 Å². The SMILES string of the molecule is CC(C)(C)OC(=O)CCN1CCC(OC(c2ccccc2)c2ccccc2)CC1.O=C(O)C(=O)O. The molecule has 0 aliphatic carbocycles. The van der Waals surface area contributed by atoms with E-state index in [2.05, 4.69) is 53.4 Å². The topological polar surface area (TPSA) is 113 Å². The maximum atomic E-state index is 12.0. The largest absolute Gasteiger partial charge is 0.473 e. The minimum atomic E-state index is -1.82. The van der Waals surface area contributed by atoms with E-state index in [9.17, 15) is 4.79 Å². The van der Waals surface area contributed by atoms with Gasteiger partial charge in [0.15, 0.2) is 0 Å². The van der Waals surface area contributed by atoms with Gasteiger partial charge in [-0.3, -0.25) is 4.79 Å². The lowest BCUT2D eigenvalue weighted by atomic mass is 10.00. The van der Waals surface area contributed by atoms with Gasteiger partial charge in [0.25, 0.3) is 0 Å². The number of hydrogen-bond acceptors (Lipinski definition) is 6. The molecule has 0 aromatic heterocycles. The van der Waals surface area contributed by atoms with Crippen LogP contribution in [0.2, 0.25) is 0 Å². The number of benzene rings is 2. The van der Waals surface area contributed by atoms with E-state index in [1.54, 1.807) is 0 Å².